The van der Waals surface area contributed by atoms with Gasteiger partial charge in [0.05, 0.1) is 6.42 Å². The molecule has 82 valence electrons. The van der Waals surface area contributed by atoms with E-state index in [1.54, 1.807) is 0 Å². The Labute approximate surface area is 90.5 Å². The quantitative estimate of drug-likeness (QED) is 0.741. The van der Waals surface area contributed by atoms with E-state index in [2.05, 4.69) is 20.8 Å². The molecule has 1 aliphatic carbocycles. The summed E-state index contributed by atoms with van der Waals surface area (Å²) in [6, 6.07) is 0. The molecule has 0 aliphatic heterocycles. The molecule has 1 saturated carbocycles. The topological polar surface area (TPSA) is 37.3 Å². The number of hydrogen-bond donors (Lipinski definition) is 1. The molecule has 1 aliphatic rings. The summed E-state index contributed by atoms with van der Waals surface area (Å²) in [6.45, 7) is 6.66. The summed E-state index contributed by atoms with van der Waals surface area (Å²) in [5, 5.41) is 9.39. The lowest BCUT2D eigenvalue weighted by molar-refractivity contribution is -0.138. The molecule has 2 nitrogen and oxygen atoms in total. The Morgan fingerprint density at radius 3 is 2.36 bits per heavy atom. The molecule has 0 aromatic heterocycles. The second kappa shape index (κ2) is 4.56. The fourth-order valence-corrected chi connectivity index (χ4v) is 2.76. The lowest BCUT2D eigenvalue weighted by Crippen LogP contribution is -2.15. The summed E-state index contributed by atoms with van der Waals surface area (Å²) >= 11 is 1.93. The highest BCUT2D eigenvalue weighted by Crippen LogP contribution is 2.51. The largest absolute Gasteiger partial charge is 0.481 e. The molecule has 1 N–H and O–H groups in total. The van der Waals surface area contributed by atoms with E-state index in [0.29, 0.717) is 17.6 Å². The summed E-state index contributed by atoms with van der Waals surface area (Å²) < 4.78 is 0. The summed E-state index contributed by atoms with van der Waals surface area (Å²) in [6.07, 6.45) is 2.58. The number of rotatable bonds is 6. The normalized spacial score (nSPS) is 20.9. The van der Waals surface area contributed by atoms with E-state index in [9.17, 15) is 4.79 Å². The smallest absolute Gasteiger partial charge is 0.303 e. The molecule has 0 aromatic rings. The van der Waals surface area contributed by atoms with Crippen molar-refractivity contribution >= 4 is 17.7 Å². The van der Waals surface area contributed by atoms with Crippen LogP contribution in [-0.2, 0) is 4.79 Å². The fourth-order valence-electron chi connectivity index (χ4n) is 1.37. The van der Waals surface area contributed by atoms with Gasteiger partial charge in [-0.15, -0.1) is 0 Å². The average Bonchev–Trinajstić information content (AvgIpc) is 2.80. The minimum Gasteiger partial charge on any atom is -0.481 e. The first-order chi connectivity index (χ1) is 6.45. The SMILES string of the molecule is CC(C)C(C)SCC1(CC(=O)O)CC1. The molecule has 1 atom stereocenters. The number of carboxylic acids is 1. The van der Waals surface area contributed by atoms with Gasteiger partial charge in [-0.3, -0.25) is 4.79 Å². The Morgan fingerprint density at radius 1 is 1.43 bits per heavy atom. The van der Waals surface area contributed by atoms with E-state index >= 15 is 0 Å². The van der Waals surface area contributed by atoms with Crippen molar-refractivity contribution in [2.75, 3.05) is 5.75 Å². The minimum absolute atomic E-state index is 0.152. The van der Waals surface area contributed by atoms with E-state index in [0.717, 1.165) is 18.6 Å². The predicted octanol–water partition coefficient (Wildman–Crippen LogP) is 3.02. The van der Waals surface area contributed by atoms with E-state index in [4.69, 9.17) is 5.11 Å². The Balaban J connectivity index is 2.27. The molecule has 0 amide bonds. The third-order valence-corrected chi connectivity index (χ3v) is 4.92. The van der Waals surface area contributed by atoms with Gasteiger partial charge in [0.15, 0.2) is 0 Å². The van der Waals surface area contributed by atoms with E-state index in [1.807, 2.05) is 11.8 Å². The van der Waals surface area contributed by atoms with Gasteiger partial charge in [-0.1, -0.05) is 20.8 Å². The molecule has 0 bridgehead atoms. The van der Waals surface area contributed by atoms with Crippen molar-refractivity contribution in [1.29, 1.82) is 0 Å². The van der Waals surface area contributed by atoms with Crippen LogP contribution in [0.15, 0.2) is 0 Å². The van der Waals surface area contributed by atoms with Gasteiger partial charge in [-0.05, 0) is 29.9 Å². The maximum Gasteiger partial charge on any atom is 0.303 e. The first-order valence-corrected chi connectivity index (χ1v) is 6.33. The Kier molecular flexibility index (Phi) is 3.87. The van der Waals surface area contributed by atoms with Crippen molar-refractivity contribution in [3.8, 4) is 0 Å². The Morgan fingerprint density at radius 2 is 2.00 bits per heavy atom. The number of carbonyl (C=O) groups is 1. The van der Waals surface area contributed by atoms with Crippen LogP contribution in [-0.4, -0.2) is 22.1 Å². The molecule has 0 spiro atoms. The highest BCUT2D eigenvalue weighted by Gasteiger charge is 2.44. The summed E-state index contributed by atoms with van der Waals surface area (Å²) in [4.78, 5) is 10.6. The third-order valence-electron chi connectivity index (χ3n) is 3.07. The minimum atomic E-state index is -0.639. The molecule has 1 unspecified atom stereocenters. The van der Waals surface area contributed by atoms with E-state index in [1.165, 1.54) is 0 Å². The van der Waals surface area contributed by atoms with Gasteiger partial charge in [0, 0.05) is 5.25 Å². The average molecular weight is 216 g/mol. The highest BCUT2D eigenvalue weighted by atomic mass is 32.2. The van der Waals surface area contributed by atoms with Gasteiger partial charge in [0.1, 0.15) is 0 Å². The van der Waals surface area contributed by atoms with Crippen LogP contribution in [0.3, 0.4) is 0 Å². The highest BCUT2D eigenvalue weighted by molar-refractivity contribution is 7.99. The predicted molar refractivity (Wildman–Crippen MR) is 60.7 cm³/mol. The molecule has 0 aromatic carbocycles. The van der Waals surface area contributed by atoms with E-state index in [-0.39, 0.29) is 5.41 Å². The van der Waals surface area contributed by atoms with Crippen LogP contribution < -0.4 is 0 Å². The lowest BCUT2D eigenvalue weighted by atomic mass is 10.1. The summed E-state index contributed by atoms with van der Waals surface area (Å²) in [5.74, 6) is 1.07. The van der Waals surface area contributed by atoms with Crippen molar-refractivity contribution in [3.05, 3.63) is 0 Å². The molecule has 14 heavy (non-hydrogen) atoms. The molecule has 0 heterocycles. The van der Waals surface area contributed by atoms with Gasteiger partial charge in [0.25, 0.3) is 0 Å². The number of carboxylic acid groups (broad SMARTS) is 1. The Hall–Kier alpha value is -0.180. The molecule has 0 saturated heterocycles. The van der Waals surface area contributed by atoms with Crippen LogP contribution in [0, 0.1) is 11.3 Å². The maximum absolute atomic E-state index is 10.6. The number of aliphatic carboxylic acids is 1. The van der Waals surface area contributed by atoms with Crippen LogP contribution in [0.25, 0.3) is 0 Å². The van der Waals surface area contributed by atoms with Crippen LogP contribution in [0.1, 0.15) is 40.0 Å². The molecule has 3 heteroatoms. The molecular formula is C11H20O2S. The van der Waals surface area contributed by atoms with Gasteiger partial charge >= 0.3 is 5.97 Å². The molecule has 1 fully saturated rings. The van der Waals surface area contributed by atoms with Crippen LogP contribution in [0.4, 0.5) is 0 Å². The molecular weight excluding hydrogens is 196 g/mol. The van der Waals surface area contributed by atoms with Crippen molar-refractivity contribution in [2.24, 2.45) is 11.3 Å². The summed E-state index contributed by atoms with van der Waals surface area (Å²) in [5.41, 5.74) is 0.152. The molecule has 1 rings (SSSR count). The van der Waals surface area contributed by atoms with Crippen molar-refractivity contribution in [2.45, 2.75) is 45.3 Å². The van der Waals surface area contributed by atoms with Gasteiger partial charge in [0.2, 0.25) is 0 Å². The van der Waals surface area contributed by atoms with Crippen LogP contribution in [0.5, 0.6) is 0 Å². The zero-order valence-corrected chi connectivity index (χ0v) is 10.1. The molecule has 0 radical (unpaired) electrons. The number of thioether (sulfide) groups is 1. The number of hydrogen-bond acceptors (Lipinski definition) is 2. The fraction of sp³-hybridized carbons (Fsp3) is 0.909. The second-order valence-electron chi connectivity index (χ2n) is 4.83. The van der Waals surface area contributed by atoms with E-state index < -0.39 is 5.97 Å². The zero-order chi connectivity index (χ0) is 10.8. The zero-order valence-electron chi connectivity index (χ0n) is 9.25. The first kappa shape index (κ1) is 11.9. The second-order valence-corrected chi connectivity index (χ2v) is 6.20. The van der Waals surface area contributed by atoms with Crippen LogP contribution in [0.2, 0.25) is 0 Å². The van der Waals surface area contributed by atoms with Crippen molar-refractivity contribution < 1.29 is 9.90 Å². The maximum atomic E-state index is 10.6. The standard InChI is InChI=1S/C11H20O2S/c1-8(2)9(3)14-7-11(4-5-11)6-10(12)13/h8-9H,4-7H2,1-3H3,(H,12,13). The van der Waals surface area contributed by atoms with Gasteiger partial charge in [-0.25, -0.2) is 0 Å². The summed E-state index contributed by atoms with van der Waals surface area (Å²) in [7, 11) is 0. The monoisotopic (exact) mass is 216 g/mol. The van der Waals surface area contributed by atoms with Crippen molar-refractivity contribution in [1.82, 2.24) is 0 Å². The Bertz CT molecular complexity index is 209. The van der Waals surface area contributed by atoms with Gasteiger partial charge in [-0.2, -0.15) is 11.8 Å². The van der Waals surface area contributed by atoms with Crippen molar-refractivity contribution in [3.63, 3.8) is 0 Å². The first-order valence-electron chi connectivity index (χ1n) is 5.29. The van der Waals surface area contributed by atoms with Crippen LogP contribution >= 0.6 is 11.8 Å². The van der Waals surface area contributed by atoms with Gasteiger partial charge < -0.3 is 5.11 Å². The third kappa shape index (κ3) is 3.52. The lowest BCUT2D eigenvalue weighted by Gasteiger charge is -2.18.